The molecule has 0 atom stereocenters. The van der Waals surface area contributed by atoms with Crippen LogP contribution >= 0.6 is 11.3 Å². The van der Waals surface area contributed by atoms with Crippen molar-refractivity contribution < 1.29 is 4.79 Å². The molecule has 6 nitrogen and oxygen atoms in total. The smallest absolute Gasteiger partial charge is 0.266 e. The average molecular weight is 337 g/mol. The Morgan fingerprint density at radius 1 is 1.17 bits per heavy atom. The second kappa shape index (κ2) is 6.59. The van der Waals surface area contributed by atoms with Gasteiger partial charge in [0, 0.05) is 18.0 Å². The third-order valence-electron chi connectivity index (χ3n) is 3.26. The van der Waals surface area contributed by atoms with Gasteiger partial charge in [-0.15, -0.1) is 11.3 Å². The van der Waals surface area contributed by atoms with Gasteiger partial charge in [-0.05, 0) is 35.7 Å². The second-order valence-corrected chi connectivity index (χ2v) is 5.77. The number of nitrogens with zero attached hydrogens (tertiary/aromatic N) is 4. The van der Waals surface area contributed by atoms with Crippen LogP contribution in [0.4, 0.5) is 5.82 Å². The van der Waals surface area contributed by atoms with Crippen molar-refractivity contribution in [2.24, 2.45) is 0 Å². The number of aromatic nitrogens is 4. The molecular formula is C17H15N5OS. The van der Waals surface area contributed by atoms with E-state index in [2.05, 4.69) is 20.4 Å². The first kappa shape index (κ1) is 15.8. The first-order chi connectivity index (χ1) is 11.3. The molecule has 4 aromatic rings. The lowest BCUT2D eigenvalue weighted by atomic mass is 10.2. The molecule has 0 aliphatic heterocycles. The van der Waals surface area contributed by atoms with Crippen molar-refractivity contribution in [2.75, 3.05) is 5.32 Å². The van der Waals surface area contributed by atoms with Crippen LogP contribution in [0, 0.1) is 0 Å². The molecule has 0 saturated carbocycles. The summed E-state index contributed by atoms with van der Waals surface area (Å²) in [6.07, 6.45) is 5.17. The predicted octanol–water partition coefficient (Wildman–Crippen LogP) is 3.74. The molecule has 0 spiro atoms. The molecule has 0 aromatic carbocycles. The third-order valence-corrected chi connectivity index (χ3v) is 4.13. The number of nitrogens with one attached hydrogen (secondary N) is 1. The number of anilines is 1. The van der Waals surface area contributed by atoms with Gasteiger partial charge in [0.05, 0.1) is 16.8 Å². The van der Waals surface area contributed by atoms with E-state index >= 15 is 0 Å². The van der Waals surface area contributed by atoms with Crippen LogP contribution in [0.2, 0.25) is 0 Å². The first-order valence-corrected chi connectivity index (χ1v) is 7.79. The van der Waals surface area contributed by atoms with E-state index in [-0.39, 0.29) is 13.3 Å². The molecule has 0 radical (unpaired) electrons. The lowest BCUT2D eigenvalue weighted by Gasteiger charge is -1.99. The van der Waals surface area contributed by atoms with E-state index in [9.17, 15) is 4.79 Å². The summed E-state index contributed by atoms with van der Waals surface area (Å²) in [5.41, 5.74) is 2.38. The van der Waals surface area contributed by atoms with Crippen LogP contribution < -0.4 is 5.32 Å². The van der Waals surface area contributed by atoms with Crippen LogP contribution in [0.25, 0.3) is 16.9 Å². The van der Waals surface area contributed by atoms with Crippen molar-refractivity contribution in [3.05, 3.63) is 65.2 Å². The minimum atomic E-state index is -0.170. The molecule has 0 aliphatic carbocycles. The molecular weight excluding hydrogens is 322 g/mol. The summed E-state index contributed by atoms with van der Waals surface area (Å²) >= 11 is 1.39. The summed E-state index contributed by atoms with van der Waals surface area (Å²) in [5, 5.41) is 9.14. The zero-order valence-electron chi connectivity index (χ0n) is 11.9. The zero-order chi connectivity index (χ0) is 15.6. The highest BCUT2D eigenvalue weighted by molar-refractivity contribution is 7.12. The van der Waals surface area contributed by atoms with Gasteiger partial charge in [0.1, 0.15) is 0 Å². The topological polar surface area (TPSA) is 72.2 Å². The molecule has 0 aliphatic rings. The van der Waals surface area contributed by atoms with Gasteiger partial charge in [0.2, 0.25) is 0 Å². The van der Waals surface area contributed by atoms with Crippen molar-refractivity contribution in [3.63, 3.8) is 0 Å². The summed E-state index contributed by atoms with van der Waals surface area (Å²) in [7, 11) is 0. The number of fused-ring (bicyclic) bond motifs is 1. The van der Waals surface area contributed by atoms with E-state index in [0.717, 1.165) is 11.3 Å². The van der Waals surface area contributed by atoms with Crippen molar-refractivity contribution in [2.45, 2.75) is 7.43 Å². The Labute approximate surface area is 142 Å². The van der Waals surface area contributed by atoms with Crippen molar-refractivity contribution in [1.82, 2.24) is 19.6 Å². The van der Waals surface area contributed by atoms with E-state index in [1.165, 1.54) is 11.3 Å². The SMILES string of the molecule is C.O=C(Nc1cn2nc(-c3cccnc3)ccc2n1)c1cccs1. The van der Waals surface area contributed by atoms with Gasteiger partial charge in [0.15, 0.2) is 11.5 Å². The summed E-state index contributed by atoms with van der Waals surface area (Å²) in [6.45, 7) is 0. The van der Waals surface area contributed by atoms with E-state index in [1.54, 1.807) is 29.2 Å². The van der Waals surface area contributed by atoms with Crippen molar-refractivity contribution in [3.8, 4) is 11.3 Å². The van der Waals surface area contributed by atoms with Gasteiger partial charge in [-0.2, -0.15) is 5.10 Å². The van der Waals surface area contributed by atoms with E-state index in [0.29, 0.717) is 16.3 Å². The Morgan fingerprint density at radius 2 is 2.08 bits per heavy atom. The van der Waals surface area contributed by atoms with Crippen LogP contribution in [0.3, 0.4) is 0 Å². The fourth-order valence-corrected chi connectivity index (χ4v) is 2.82. The van der Waals surface area contributed by atoms with Gasteiger partial charge < -0.3 is 5.32 Å². The van der Waals surface area contributed by atoms with Gasteiger partial charge >= 0.3 is 0 Å². The monoisotopic (exact) mass is 337 g/mol. The van der Waals surface area contributed by atoms with Gasteiger partial charge in [0.25, 0.3) is 5.91 Å². The minimum Gasteiger partial charge on any atom is -0.304 e. The van der Waals surface area contributed by atoms with Crippen molar-refractivity contribution in [1.29, 1.82) is 0 Å². The second-order valence-electron chi connectivity index (χ2n) is 4.82. The average Bonchev–Trinajstić information content (AvgIpc) is 3.24. The number of hydrogen-bond acceptors (Lipinski definition) is 5. The molecule has 0 bridgehead atoms. The molecule has 0 unspecified atom stereocenters. The lowest BCUT2D eigenvalue weighted by Crippen LogP contribution is -2.10. The Bertz CT molecular complexity index is 963. The summed E-state index contributed by atoms with van der Waals surface area (Å²) < 4.78 is 1.65. The Kier molecular flexibility index (Phi) is 4.35. The quantitative estimate of drug-likeness (QED) is 0.618. The molecule has 1 N–H and O–H groups in total. The molecule has 7 heteroatoms. The van der Waals surface area contributed by atoms with Gasteiger partial charge in [-0.3, -0.25) is 9.78 Å². The van der Waals surface area contributed by atoms with E-state index in [1.807, 2.05) is 35.7 Å². The largest absolute Gasteiger partial charge is 0.304 e. The van der Waals surface area contributed by atoms with E-state index in [4.69, 9.17) is 0 Å². The predicted molar refractivity (Wildman–Crippen MR) is 95.2 cm³/mol. The minimum absolute atomic E-state index is 0. The molecule has 0 saturated heterocycles. The Morgan fingerprint density at radius 3 is 2.83 bits per heavy atom. The maximum atomic E-state index is 12.1. The van der Waals surface area contributed by atoms with Gasteiger partial charge in [-0.25, -0.2) is 9.50 Å². The third kappa shape index (κ3) is 3.02. The fraction of sp³-hybridized carbons (Fsp3) is 0.0588. The Balaban J connectivity index is 0.00000169. The summed E-state index contributed by atoms with van der Waals surface area (Å²) in [4.78, 5) is 21.2. The van der Waals surface area contributed by atoms with Crippen LogP contribution in [0.5, 0.6) is 0 Å². The number of hydrogen-bond donors (Lipinski definition) is 1. The first-order valence-electron chi connectivity index (χ1n) is 6.91. The maximum absolute atomic E-state index is 12.1. The zero-order valence-corrected chi connectivity index (χ0v) is 12.7. The number of carbonyl (C=O) groups excluding carboxylic acids is 1. The maximum Gasteiger partial charge on any atom is 0.266 e. The number of imidazole rings is 1. The molecule has 24 heavy (non-hydrogen) atoms. The Hall–Kier alpha value is -3.06. The van der Waals surface area contributed by atoms with Crippen molar-refractivity contribution >= 4 is 28.7 Å². The number of rotatable bonds is 3. The molecule has 0 fully saturated rings. The lowest BCUT2D eigenvalue weighted by molar-refractivity contribution is 0.103. The highest BCUT2D eigenvalue weighted by Crippen LogP contribution is 2.18. The number of pyridine rings is 1. The van der Waals surface area contributed by atoms with Gasteiger partial charge in [-0.1, -0.05) is 13.5 Å². The summed E-state index contributed by atoms with van der Waals surface area (Å²) in [5.74, 6) is 0.301. The molecule has 120 valence electrons. The number of amides is 1. The standard InChI is InChI=1S/C16H11N5OS.CH4/c22-16(13-4-2-8-23-13)19-14-10-21-15(18-14)6-5-12(20-21)11-3-1-7-17-9-11;/h1-10H,(H,19,22);1H4. The highest BCUT2D eigenvalue weighted by atomic mass is 32.1. The van der Waals surface area contributed by atoms with Crippen LogP contribution in [-0.2, 0) is 0 Å². The molecule has 4 heterocycles. The molecule has 4 rings (SSSR count). The molecule has 4 aromatic heterocycles. The van der Waals surface area contributed by atoms with Crippen LogP contribution in [-0.4, -0.2) is 25.5 Å². The molecule has 1 amide bonds. The van der Waals surface area contributed by atoms with E-state index < -0.39 is 0 Å². The van der Waals surface area contributed by atoms with Crippen LogP contribution in [0.1, 0.15) is 17.1 Å². The highest BCUT2D eigenvalue weighted by Gasteiger charge is 2.10. The fourth-order valence-electron chi connectivity index (χ4n) is 2.20. The number of thiophene rings is 1. The number of carbonyl (C=O) groups is 1. The van der Waals surface area contributed by atoms with Crippen LogP contribution in [0.15, 0.2) is 60.4 Å². The summed E-state index contributed by atoms with van der Waals surface area (Å²) in [6, 6.07) is 11.2. The normalized spacial score (nSPS) is 10.3.